The summed E-state index contributed by atoms with van der Waals surface area (Å²) in [5.41, 5.74) is -0.232. The molecule has 3 nitrogen and oxygen atoms in total. The van der Waals surface area contributed by atoms with E-state index < -0.39 is 18.8 Å². The molecule has 0 saturated carbocycles. The summed E-state index contributed by atoms with van der Waals surface area (Å²) in [6.45, 7) is -1.49. The molecule has 0 aliphatic heterocycles. The smallest absolute Gasteiger partial charge is 0.422 e. The predicted molar refractivity (Wildman–Crippen MR) is 50.0 cm³/mol. The van der Waals surface area contributed by atoms with Gasteiger partial charge in [0, 0.05) is 5.02 Å². The van der Waals surface area contributed by atoms with Gasteiger partial charge in [-0.25, -0.2) is 4.79 Å². The van der Waals surface area contributed by atoms with Crippen molar-refractivity contribution in [2.45, 2.75) is 6.18 Å². The molecule has 0 atom stereocenters. The van der Waals surface area contributed by atoms with Crippen LogP contribution in [-0.4, -0.2) is 23.9 Å². The normalized spacial score (nSPS) is 11.2. The minimum absolute atomic E-state index is 0.00271. The Labute approximate surface area is 93.4 Å². The number of carboxylic acid groups (broad SMARTS) is 1. The highest BCUT2D eigenvalue weighted by molar-refractivity contribution is 6.31. The van der Waals surface area contributed by atoms with Gasteiger partial charge in [0.05, 0.1) is 5.56 Å². The molecule has 0 radical (unpaired) electrons. The lowest BCUT2D eigenvalue weighted by Gasteiger charge is -2.09. The SMILES string of the molecule is O=C(O)c1cc(Cl)cc(OCC(F)(F)F)c1. The third kappa shape index (κ3) is 3.98. The number of aromatic carboxylic acids is 1. The molecule has 7 heteroatoms. The zero-order valence-corrected chi connectivity index (χ0v) is 8.47. The highest BCUT2D eigenvalue weighted by Crippen LogP contribution is 2.23. The second-order valence-corrected chi connectivity index (χ2v) is 3.32. The van der Waals surface area contributed by atoms with Crippen LogP contribution in [0, 0.1) is 0 Å². The van der Waals surface area contributed by atoms with Crippen molar-refractivity contribution in [2.24, 2.45) is 0 Å². The van der Waals surface area contributed by atoms with E-state index in [9.17, 15) is 18.0 Å². The quantitative estimate of drug-likeness (QED) is 0.902. The number of hydrogen-bond donors (Lipinski definition) is 1. The fourth-order valence-electron chi connectivity index (χ4n) is 0.935. The van der Waals surface area contributed by atoms with Crippen LogP contribution in [0.3, 0.4) is 0 Å². The zero-order chi connectivity index (χ0) is 12.3. The van der Waals surface area contributed by atoms with Crippen LogP contribution in [0.25, 0.3) is 0 Å². The molecule has 0 fully saturated rings. The average Bonchev–Trinajstić information content (AvgIpc) is 2.13. The van der Waals surface area contributed by atoms with Crippen LogP contribution < -0.4 is 4.74 Å². The minimum atomic E-state index is -4.48. The average molecular weight is 255 g/mol. The second kappa shape index (κ2) is 4.61. The molecule has 1 N–H and O–H groups in total. The maximum atomic E-state index is 11.8. The molecule has 88 valence electrons. The predicted octanol–water partition coefficient (Wildman–Crippen LogP) is 2.98. The van der Waals surface area contributed by atoms with E-state index in [4.69, 9.17) is 16.7 Å². The number of carboxylic acids is 1. The summed E-state index contributed by atoms with van der Waals surface area (Å²) in [5.74, 6) is -1.53. The van der Waals surface area contributed by atoms with Gasteiger partial charge in [-0.05, 0) is 18.2 Å². The van der Waals surface area contributed by atoms with Gasteiger partial charge in [0.1, 0.15) is 5.75 Å². The molecule has 16 heavy (non-hydrogen) atoms. The molecule has 0 bridgehead atoms. The van der Waals surface area contributed by atoms with Crippen molar-refractivity contribution in [3.63, 3.8) is 0 Å². The Morgan fingerprint density at radius 2 is 2.00 bits per heavy atom. The van der Waals surface area contributed by atoms with E-state index in [1.54, 1.807) is 0 Å². The lowest BCUT2D eigenvalue weighted by atomic mass is 10.2. The van der Waals surface area contributed by atoms with Crippen molar-refractivity contribution < 1.29 is 27.8 Å². The van der Waals surface area contributed by atoms with Crippen molar-refractivity contribution in [3.05, 3.63) is 28.8 Å². The third-order valence-electron chi connectivity index (χ3n) is 1.52. The summed E-state index contributed by atoms with van der Waals surface area (Å²) in [7, 11) is 0. The van der Waals surface area contributed by atoms with Crippen molar-refractivity contribution in [2.75, 3.05) is 6.61 Å². The number of carbonyl (C=O) groups is 1. The Morgan fingerprint density at radius 1 is 1.38 bits per heavy atom. The van der Waals surface area contributed by atoms with Crippen LogP contribution >= 0.6 is 11.6 Å². The molecule has 0 aliphatic carbocycles. The molecule has 0 spiro atoms. The number of halogens is 4. The van der Waals surface area contributed by atoms with Crippen molar-refractivity contribution in [3.8, 4) is 5.75 Å². The molecule has 1 aromatic rings. The molecular formula is C9H6ClF3O3. The van der Waals surface area contributed by atoms with Crippen LogP contribution in [0.15, 0.2) is 18.2 Å². The van der Waals surface area contributed by atoms with Crippen molar-refractivity contribution in [1.29, 1.82) is 0 Å². The van der Waals surface area contributed by atoms with Gasteiger partial charge in [0.15, 0.2) is 6.61 Å². The second-order valence-electron chi connectivity index (χ2n) is 2.88. The van der Waals surface area contributed by atoms with Gasteiger partial charge in [-0.15, -0.1) is 0 Å². The first-order valence-corrected chi connectivity index (χ1v) is 4.39. The number of rotatable bonds is 3. The van der Waals surface area contributed by atoms with Crippen LogP contribution in [0.5, 0.6) is 5.75 Å². The molecule has 1 aromatic carbocycles. The minimum Gasteiger partial charge on any atom is -0.484 e. The first kappa shape index (κ1) is 12.6. The van der Waals surface area contributed by atoms with Gasteiger partial charge in [0.2, 0.25) is 0 Å². The molecule has 0 amide bonds. The van der Waals surface area contributed by atoms with Gasteiger partial charge < -0.3 is 9.84 Å². The van der Waals surface area contributed by atoms with E-state index in [1.807, 2.05) is 0 Å². The fraction of sp³-hybridized carbons (Fsp3) is 0.222. The highest BCUT2D eigenvalue weighted by atomic mass is 35.5. The standard InChI is InChI=1S/C9H6ClF3O3/c10-6-1-5(8(14)15)2-7(3-6)16-4-9(11,12)13/h1-3H,4H2,(H,14,15). The van der Waals surface area contributed by atoms with E-state index in [0.29, 0.717) is 0 Å². The van der Waals surface area contributed by atoms with Gasteiger partial charge in [-0.2, -0.15) is 13.2 Å². The molecule has 0 heterocycles. The summed E-state index contributed by atoms with van der Waals surface area (Å²) < 4.78 is 39.8. The van der Waals surface area contributed by atoms with Crippen molar-refractivity contribution >= 4 is 17.6 Å². The van der Waals surface area contributed by atoms with Crippen LogP contribution in [0.4, 0.5) is 13.2 Å². The first-order valence-electron chi connectivity index (χ1n) is 4.01. The van der Waals surface area contributed by atoms with E-state index >= 15 is 0 Å². The third-order valence-corrected chi connectivity index (χ3v) is 1.74. The fourth-order valence-corrected chi connectivity index (χ4v) is 1.16. The molecule has 0 saturated heterocycles. The molecular weight excluding hydrogens is 249 g/mol. The Bertz CT molecular complexity index is 403. The Morgan fingerprint density at radius 3 is 2.50 bits per heavy atom. The lowest BCUT2D eigenvalue weighted by molar-refractivity contribution is -0.153. The molecule has 0 aliphatic rings. The van der Waals surface area contributed by atoms with E-state index in [2.05, 4.69) is 4.74 Å². The highest BCUT2D eigenvalue weighted by Gasteiger charge is 2.28. The number of alkyl halides is 3. The maximum Gasteiger partial charge on any atom is 0.422 e. The largest absolute Gasteiger partial charge is 0.484 e. The van der Waals surface area contributed by atoms with E-state index in [1.165, 1.54) is 0 Å². The van der Waals surface area contributed by atoms with E-state index in [0.717, 1.165) is 18.2 Å². The Hall–Kier alpha value is -1.43. The van der Waals surface area contributed by atoms with Crippen LogP contribution in [0.1, 0.15) is 10.4 Å². The van der Waals surface area contributed by atoms with Crippen LogP contribution in [-0.2, 0) is 0 Å². The Balaban J connectivity index is 2.85. The van der Waals surface area contributed by atoms with Gasteiger partial charge >= 0.3 is 12.1 Å². The summed E-state index contributed by atoms with van der Waals surface area (Å²) >= 11 is 5.52. The zero-order valence-electron chi connectivity index (χ0n) is 7.71. The topological polar surface area (TPSA) is 46.5 Å². The van der Waals surface area contributed by atoms with E-state index in [-0.39, 0.29) is 16.3 Å². The van der Waals surface area contributed by atoms with Crippen molar-refractivity contribution in [1.82, 2.24) is 0 Å². The summed E-state index contributed by atoms with van der Waals surface area (Å²) in [5, 5.41) is 8.62. The number of benzene rings is 1. The Kier molecular flexibility index (Phi) is 3.64. The summed E-state index contributed by atoms with van der Waals surface area (Å²) in [6, 6.07) is 3.20. The lowest BCUT2D eigenvalue weighted by Crippen LogP contribution is -2.19. The monoisotopic (exact) mass is 254 g/mol. The number of hydrogen-bond acceptors (Lipinski definition) is 2. The van der Waals surface area contributed by atoms with Crippen LogP contribution in [0.2, 0.25) is 5.02 Å². The molecule has 1 rings (SSSR count). The van der Waals surface area contributed by atoms with Gasteiger partial charge in [0.25, 0.3) is 0 Å². The van der Waals surface area contributed by atoms with Gasteiger partial charge in [-0.3, -0.25) is 0 Å². The first-order chi connectivity index (χ1) is 7.28. The number of ether oxygens (including phenoxy) is 1. The maximum absolute atomic E-state index is 11.8. The molecule has 0 aromatic heterocycles. The summed E-state index contributed by atoms with van der Waals surface area (Å²) in [6.07, 6.45) is -4.48. The van der Waals surface area contributed by atoms with Gasteiger partial charge in [-0.1, -0.05) is 11.6 Å². The molecule has 0 unspecified atom stereocenters. The summed E-state index contributed by atoms with van der Waals surface area (Å²) in [4.78, 5) is 10.6.